The maximum Gasteiger partial charge on any atom is 0.167 e. The smallest absolute Gasteiger partial charge is 0.167 e. The predicted molar refractivity (Wildman–Crippen MR) is 78.4 cm³/mol. The minimum absolute atomic E-state index is 0.0995. The first-order valence-corrected chi connectivity index (χ1v) is 6.64. The molecule has 0 atom stereocenters. The second-order valence-electron chi connectivity index (χ2n) is 4.59. The third-order valence-electron chi connectivity index (χ3n) is 3.23. The summed E-state index contributed by atoms with van der Waals surface area (Å²) in [5, 5.41) is 9.39. The van der Waals surface area contributed by atoms with Gasteiger partial charge in [-0.05, 0) is 18.2 Å². The highest BCUT2D eigenvalue weighted by molar-refractivity contribution is 5.46. The van der Waals surface area contributed by atoms with Crippen molar-refractivity contribution in [3.05, 3.63) is 60.0 Å². The van der Waals surface area contributed by atoms with E-state index in [-0.39, 0.29) is 6.61 Å². The summed E-state index contributed by atoms with van der Waals surface area (Å²) in [4.78, 5) is 4.47. The molecule has 0 fully saturated rings. The molecule has 1 N–H and O–H groups in total. The van der Waals surface area contributed by atoms with Gasteiger partial charge >= 0.3 is 0 Å². The lowest BCUT2D eigenvalue weighted by Crippen LogP contribution is -2.01. The molecule has 3 aromatic rings. The highest BCUT2D eigenvalue weighted by Gasteiger charge is 2.11. The maximum atomic E-state index is 9.39. The largest absolute Gasteiger partial charge is 0.493 e. The molecule has 5 heteroatoms. The maximum absolute atomic E-state index is 9.39. The van der Waals surface area contributed by atoms with Gasteiger partial charge in [-0.25, -0.2) is 4.98 Å². The Kier molecular flexibility index (Phi) is 3.75. The summed E-state index contributed by atoms with van der Waals surface area (Å²) >= 11 is 0. The van der Waals surface area contributed by atoms with E-state index in [1.54, 1.807) is 13.2 Å². The van der Waals surface area contributed by atoms with E-state index < -0.39 is 0 Å². The SMILES string of the molecule is COc1cccc(CO)c1OCc1cn2ccccc2n1. The average molecular weight is 284 g/mol. The Morgan fingerprint density at radius 1 is 1.19 bits per heavy atom. The average Bonchev–Trinajstić information content (AvgIpc) is 2.95. The van der Waals surface area contributed by atoms with Crippen molar-refractivity contribution in [2.45, 2.75) is 13.2 Å². The van der Waals surface area contributed by atoms with E-state index in [2.05, 4.69) is 4.98 Å². The van der Waals surface area contributed by atoms with Crippen LogP contribution in [0.2, 0.25) is 0 Å². The first-order valence-electron chi connectivity index (χ1n) is 6.64. The Bertz CT molecular complexity index is 697. The summed E-state index contributed by atoms with van der Waals surface area (Å²) in [6, 6.07) is 11.3. The van der Waals surface area contributed by atoms with Gasteiger partial charge in [-0.1, -0.05) is 18.2 Å². The lowest BCUT2D eigenvalue weighted by Gasteiger charge is -2.13. The van der Waals surface area contributed by atoms with Gasteiger partial charge in [-0.3, -0.25) is 0 Å². The molecule has 0 aliphatic rings. The zero-order valence-electron chi connectivity index (χ0n) is 11.7. The highest BCUT2D eigenvalue weighted by atomic mass is 16.5. The fourth-order valence-electron chi connectivity index (χ4n) is 2.21. The van der Waals surface area contributed by atoms with Crippen LogP contribution < -0.4 is 9.47 Å². The van der Waals surface area contributed by atoms with E-state index in [0.717, 1.165) is 11.3 Å². The zero-order valence-corrected chi connectivity index (χ0v) is 11.7. The molecule has 3 rings (SSSR count). The number of benzene rings is 1. The van der Waals surface area contributed by atoms with Gasteiger partial charge in [0.05, 0.1) is 19.4 Å². The van der Waals surface area contributed by atoms with E-state index in [1.165, 1.54) is 0 Å². The number of ether oxygens (including phenoxy) is 2. The standard InChI is InChI=1S/C16H16N2O3/c1-20-14-6-4-5-12(10-19)16(14)21-11-13-9-18-8-3-2-7-15(18)17-13/h2-9,19H,10-11H2,1H3. The zero-order chi connectivity index (χ0) is 14.7. The molecule has 0 saturated heterocycles. The first-order chi connectivity index (χ1) is 10.3. The molecule has 0 spiro atoms. The summed E-state index contributed by atoms with van der Waals surface area (Å²) in [5.41, 5.74) is 2.38. The van der Waals surface area contributed by atoms with Gasteiger partial charge in [-0.2, -0.15) is 0 Å². The van der Waals surface area contributed by atoms with Crippen LogP contribution in [-0.2, 0) is 13.2 Å². The number of imidazole rings is 1. The van der Waals surface area contributed by atoms with Gasteiger partial charge in [0.1, 0.15) is 12.3 Å². The van der Waals surface area contributed by atoms with Crippen LogP contribution >= 0.6 is 0 Å². The molecular formula is C16H16N2O3. The van der Waals surface area contributed by atoms with Gasteiger partial charge in [0.15, 0.2) is 11.5 Å². The predicted octanol–water partition coefficient (Wildman–Crippen LogP) is 2.41. The molecule has 5 nitrogen and oxygen atoms in total. The summed E-state index contributed by atoms with van der Waals surface area (Å²) in [7, 11) is 1.58. The van der Waals surface area contributed by atoms with Crippen LogP contribution in [0.4, 0.5) is 0 Å². The van der Waals surface area contributed by atoms with Crippen LogP contribution in [0.25, 0.3) is 5.65 Å². The van der Waals surface area contributed by atoms with E-state index in [4.69, 9.17) is 9.47 Å². The lowest BCUT2D eigenvalue weighted by atomic mass is 10.2. The normalized spacial score (nSPS) is 10.8. The molecule has 0 aliphatic heterocycles. The quantitative estimate of drug-likeness (QED) is 0.781. The number of fused-ring (bicyclic) bond motifs is 1. The Hall–Kier alpha value is -2.53. The molecule has 2 aromatic heterocycles. The number of aliphatic hydroxyl groups is 1. The van der Waals surface area contributed by atoms with Crippen molar-refractivity contribution in [3.8, 4) is 11.5 Å². The van der Waals surface area contributed by atoms with Crippen LogP contribution in [0.15, 0.2) is 48.8 Å². The number of pyridine rings is 1. The second-order valence-corrected chi connectivity index (χ2v) is 4.59. The van der Waals surface area contributed by atoms with Crippen LogP contribution in [0, 0.1) is 0 Å². The van der Waals surface area contributed by atoms with Crippen molar-refractivity contribution in [2.75, 3.05) is 7.11 Å². The van der Waals surface area contributed by atoms with E-state index >= 15 is 0 Å². The van der Waals surface area contributed by atoms with Crippen molar-refractivity contribution in [1.82, 2.24) is 9.38 Å². The minimum atomic E-state index is -0.0995. The van der Waals surface area contributed by atoms with Crippen molar-refractivity contribution in [3.63, 3.8) is 0 Å². The fourth-order valence-corrected chi connectivity index (χ4v) is 2.21. The van der Waals surface area contributed by atoms with Crippen LogP contribution in [-0.4, -0.2) is 21.6 Å². The van der Waals surface area contributed by atoms with Gasteiger partial charge in [0.2, 0.25) is 0 Å². The van der Waals surface area contributed by atoms with Crippen molar-refractivity contribution >= 4 is 5.65 Å². The Balaban J connectivity index is 1.84. The molecule has 0 aliphatic carbocycles. The van der Waals surface area contributed by atoms with Gasteiger partial charge < -0.3 is 19.0 Å². The van der Waals surface area contributed by atoms with Crippen molar-refractivity contribution < 1.29 is 14.6 Å². The van der Waals surface area contributed by atoms with E-state index in [9.17, 15) is 5.11 Å². The summed E-state index contributed by atoms with van der Waals surface area (Å²) in [6.07, 6.45) is 3.86. The minimum Gasteiger partial charge on any atom is -0.493 e. The molecule has 0 saturated carbocycles. The topological polar surface area (TPSA) is 56.0 Å². The number of nitrogens with zero attached hydrogens (tertiary/aromatic N) is 2. The van der Waals surface area contributed by atoms with Crippen molar-refractivity contribution in [1.29, 1.82) is 0 Å². The highest BCUT2D eigenvalue weighted by Crippen LogP contribution is 2.31. The second kappa shape index (κ2) is 5.85. The van der Waals surface area contributed by atoms with E-state index in [1.807, 2.05) is 47.1 Å². The molecule has 0 amide bonds. The molecule has 2 heterocycles. The van der Waals surface area contributed by atoms with Gasteiger partial charge in [-0.15, -0.1) is 0 Å². The number of methoxy groups -OCH3 is 1. The Labute approximate surface area is 122 Å². The van der Waals surface area contributed by atoms with Gasteiger partial charge in [0.25, 0.3) is 0 Å². The molecule has 21 heavy (non-hydrogen) atoms. The lowest BCUT2D eigenvalue weighted by molar-refractivity contribution is 0.248. The Morgan fingerprint density at radius 2 is 2.10 bits per heavy atom. The molecule has 0 bridgehead atoms. The monoisotopic (exact) mass is 284 g/mol. The number of aromatic nitrogens is 2. The van der Waals surface area contributed by atoms with Crippen molar-refractivity contribution in [2.24, 2.45) is 0 Å². The first kappa shape index (κ1) is 13.5. The van der Waals surface area contributed by atoms with Crippen LogP contribution in [0.1, 0.15) is 11.3 Å². The summed E-state index contributed by atoms with van der Waals surface area (Å²) in [5.74, 6) is 1.16. The third-order valence-corrected chi connectivity index (χ3v) is 3.23. The number of rotatable bonds is 5. The number of aliphatic hydroxyl groups excluding tert-OH is 1. The molecule has 0 unspecified atom stereocenters. The third kappa shape index (κ3) is 2.68. The van der Waals surface area contributed by atoms with Gasteiger partial charge in [0, 0.05) is 18.0 Å². The molecule has 0 radical (unpaired) electrons. The fraction of sp³-hybridized carbons (Fsp3) is 0.188. The molecular weight excluding hydrogens is 268 g/mol. The number of para-hydroxylation sites is 1. The Morgan fingerprint density at radius 3 is 2.86 bits per heavy atom. The van der Waals surface area contributed by atoms with Crippen LogP contribution in [0.5, 0.6) is 11.5 Å². The number of hydrogen-bond acceptors (Lipinski definition) is 4. The summed E-state index contributed by atoms with van der Waals surface area (Å²) in [6.45, 7) is 0.215. The summed E-state index contributed by atoms with van der Waals surface area (Å²) < 4.78 is 13.0. The molecule has 1 aromatic carbocycles. The number of hydrogen-bond donors (Lipinski definition) is 1. The van der Waals surface area contributed by atoms with E-state index in [0.29, 0.717) is 23.7 Å². The van der Waals surface area contributed by atoms with Crippen LogP contribution in [0.3, 0.4) is 0 Å². The molecule has 108 valence electrons.